The molecule has 0 aliphatic carbocycles. The molecule has 5 aromatic rings. The third-order valence-corrected chi connectivity index (χ3v) is 5.60. The van der Waals surface area contributed by atoms with Crippen LogP contribution in [0.1, 0.15) is 16.2 Å². The number of hydrogen-bond acceptors (Lipinski definition) is 9. The molecule has 0 fully saturated rings. The highest BCUT2D eigenvalue weighted by atomic mass is 32.1. The number of H-pyrrole nitrogens is 1. The van der Waals surface area contributed by atoms with Gasteiger partial charge in [0.05, 0.1) is 17.4 Å². The lowest BCUT2D eigenvalue weighted by atomic mass is 10.2. The fourth-order valence-electron chi connectivity index (χ4n) is 3.15. The van der Waals surface area contributed by atoms with E-state index in [0.717, 1.165) is 22.3 Å². The molecule has 16 heteroatoms. The molecule has 0 atom stereocenters. The molecule has 38 heavy (non-hydrogen) atoms. The van der Waals surface area contributed by atoms with Crippen LogP contribution in [0.5, 0.6) is 0 Å². The lowest BCUT2D eigenvalue weighted by molar-refractivity contribution is -0.192. The molecule has 0 aliphatic rings. The number of aryl methyl sites for hydroxylation is 2. The molecular weight excluding hydrogens is 527 g/mol. The summed E-state index contributed by atoms with van der Waals surface area (Å²) in [5, 5.41) is 26.2. The van der Waals surface area contributed by atoms with Gasteiger partial charge in [-0.25, -0.2) is 4.79 Å². The van der Waals surface area contributed by atoms with Crippen molar-refractivity contribution in [3.8, 4) is 11.4 Å². The van der Waals surface area contributed by atoms with E-state index in [0.29, 0.717) is 27.9 Å². The van der Waals surface area contributed by atoms with Gasteiger partial charge in [-0.05, 0) is 37.3 Å². The first-order valence-corrected chi connectivity index (χ1v) is 11.4. The molecule has 4 heterocycles. The van der Waals surface area contributed by atoms with Crippen LogP contribution in [0.15, 0.2) is 48.9 Å². The van der Waals surface area contributed by atoms with Crippen molar-refractivity contribution in [1.82, 2.24) is 34.3 Å². The Hall–Kier alpha value is -4.86. The molecule has 0 bridgehead atoms. The average Bonchev–Trinajstić information content (AvgIpc) is 3.60. The number of carboxylic acid groups (broad SMARTS) is 1. The summed E-state index contributed by atoms with van der Waals surface area (Å²) in [6, 6.07) is 9.34. The van der Waals surface area contributed by atoms with Gasteiger partial charge in [0.25, 0.3) is 5.91 Å². The van der Waals surface area contributed by atoms with E-state index < -0.39 is 12.1 Å². The highest BCUT2D eigenvalue weighted by molar-refractivity contribution is 7.09. The number of carboxylic acids is 1. The minimum absolute atomic E-state index is 0.266. The van der Waals surface area contributed by atoms with E-state index in [1.165, 1.54) is 16.2 Å². The van der Waals surface area contributed by atoms with E-state index in [9.17, 15) is 18.0 Å². The summed E-state index contributed by atoms with van der Waals surface area (Å²) in [6.45, 7) is 1.98. The van der Waals surface area contributed by atoms with Gasteiger partial charge in [0.15, 0.2) is 5.82 Å². The Morgan fingerprint density at radius 3 is 2.58 bits per heavy atom. The SMILES string of the molecule is Cc1[nH]nc2ccc(Nc3nc(-c4cncc(NC(=O)c5ccnn5C)c4)ns3)cc12.O=C(O)C(F)(F)F. The maximum atomic E-state index is 12.4. The van der Waals surface area contributed by atoms with Crippen LogP contribution < -0.4 is 10.6 Å². The Balaban J connectivity index is 0.000000426. The first-order chi connectivity index (χ1) is 18.0. The normalized spacial score (nSPS) is 11.1. The number of rotatable bonds is 5. The third kappa shape index (κ3) is 6.09. The molecular formula is C22H18F3N9O3S. The van der Waals surface area contributed by atoms with Crippen LogP contribution >= 0.6 is 11.5 Å². The van der Waals surface area contributed by atoms with Crippen molar-refractivity contribution in [1.29, 1.82) is 0 Å². The van der Waals surface area contributed by atoms with Crippen LogP contribution in [0.4, 0.5) is 29.7 Å². The zero-order valence-electron chi connectivity index (χ0n) is 19.6. The second-order valence-electron chi connectivity index (χ2n) is 7.69. The van der Waals surface area contributed by atoms with E-state index in [4.69, 9.17) is 9.90 Å². The largest absolute Gasteiger partial charge is 0.490 e. The van der Waals surface area contributed by atoms with Gasteiger partial charge in [-0.15, -0.1) is 0 Å². The van der Waals surface area contributed by atoms with E-state index >= 15 is 0 Å². The molecule has 1 aromatic carbocycles. The van der Waals surface area contributed by atoms with Crippen LogP contribution in [0.3, 0.4) is 0 Å². The number of pyridine rings is 1. The van der Waals surface area contributed by atoms with Gasteiger partial charge in [-0.3, -0.25) is 19.6 Å². The maximum Gasteiger partial charge on any atom is 0.490 e. The summed E-state index contributed by atoms with van der Waals surface area (Å²) in [4.78, 5) is 30.1. The molecule has 0 unspecified atom stereocenters. The summed E-state index contributed by atoms with van der Waals surface area (Å²) in [5.74, 6) is -2.50. The molecule has 0 spiro atoms. The van der Waals surface area contributed by atoms with Crippen molar-refractivity contribution in [3.63, 3.8) is 0 Å². The number of aromatic nitrogens is 7. The maximum absolute atomic E-state index is 12.4. The summed E-state index contributed by atoms with van der Waals surface area (Å²) in [6.07, 6.45) is -0.277. The number of nitrogens with zero attached hydrogens (tertiary/aromatic N) is 6. The van der Waals surface area contributed by atoms with Crippen LogP contribution in [-0.4, -0.2) is 57.5 Å². The van der Waals surface area contributed by atoms with Gasteiger partial charge < -0.3 is 15.7 Å². The number of benzene rings is 1. The highest BCUT2D eigenvalue weighted by Crippen LogP contribution is 2.27. The minimum atomic E-state index is -5.08. The molecule has 0 saturated carbocycles. The van der Waals surface area contributed by atoms with Gasteiger partial charge in [-0.1, -0.05) is 0 Å². The summed E-state index contributed by atoms with van der Waals surface area (Å²) in [7, 11) is 1.71. The number of aromatic amines is 1. The first kappa shape index (κ1) is 26.2. The van der Waals surface area contributed by atoms with Gasteiger partial charge >= 0.3 is 12.1 Å². The summed E-state index contributed by atoms with van der Waals surface area (Å²) >= 11 is 1.25. The Morgan fingerprint density at radius 2 is 1.89 bits per heavy atom. The molecule has 1 amide bonds. The van der Waals surface area contributed by atoms with Gasteiger partial charge in [0, 0.05) is 53.3 Å². The quantitative estimate of drug-likeness (QED) is 0.254. The number of amides is 1. The minimum Gasteiger partial charge on any atom is -0.475 e. The predicted octanol–water partition coefficient (Wildman–Crippen LogP) is 4.15. The molecule has 0 saturated heterocycles. The number of carbonyl (C=O) groups excluding carboxylic acids is 1. The van der Waals surface area contributed by atoms with Crippen molar-refractivity contribution < 1.29 is 27.9 Å². The average molecular weight is 546 g/mol. The standard InChI is InChI=1S/C20H17N9OS.C2HF3O2/c1-11-15-8-13(3-4-16(15)27-26-11)24-20-25-18(28-31-20)12-7-14(10-21-9-12)23-19(30)17-5-6-22-29(17)2;3-2(4,5)1(6)7/h3-10H,1-2H3,(H,23,30)(H,26,27)(H,24,25,28);(H,6,7). The monoisotopic (exact) mass is 545 g/mol. The smallest absolute Gasteiger partial charge is 0.475 e. The third-order valence-electron chi connectivity index (χ3n) is 4.97. The van der Waals surface area contributed by atoms with E-state index in [-0.39, 0.29) is 5.91 Å². The number of hydrogen-bond donors (Lipinski definition) is 4. The van der Waals surface area contributed by atoms with Crippen molar-refractivity contribution >= 4 is 50.8 Å². The summed E-state index contributed by atoms with van der Waals surface area (Å²) in [5.41, 5.74) is 4.52. The number of halogens is 3. The van der Waals surface area contributed by atoms with Gasteiger partial charge in [0.1, 0.15) is 5.69 Å². The van der Waals surface area contributed by atoms with E-state index in [2.05, 4.69) is 40.3 Å². The molecule has 0 aliphatic heterocycles. The fraction of sp³-hybridized carbons (Fsp3) is 0.136. The Morgan fingerprint density at radius 1 is 1.13 bits per heavy atom. The Labute approximate surface area is 215 Å². The fourth-order valence-corrected chi connectivity index (χ4v) is 3.76. The zero-order chi connectivity index (χ0) is 27.4. The van der Waals surface area contributed by atoms with Crippen molar-refractivity contribution in [2.45, 2.75) is 13.1 Å². The first-order valence-electron chi connectivity index (χ1n) is 10.6. The van der Waals surface area contributed by atoms with Crippen LogP contribution in [0.2, 0.25) is 0 Å². The highest BCUT2D eigenvalue weighted by Gasteiger charge is 2.38. The number of aliphatic carboxylic acids is 1. The lowest BCUT2D eigenvalue weighted by Crippen LogP contribution is -2.21. The van der Waals surface area contributed by atoms with Crippen molar-refractivity contribution in [3.05, 3.63) is 60.3 Å². The Kier molecular flexibility index (Phi) is 7.33. The van der Waals surface area contributed by atoms with Crippen LogP contribution in [0.25, 0.3) is 22.3 Å². The lowest BCUT2D eigenvalue weighted by Gasteiger charge is -2.06. The predicted molar refractivity (Wildman–Crippen MR) is 132 cm³/mol. The van der Waals surface area contributed by atoms with Crippen molar-refractivity contribution in [2.75, 3.05) is 10.6 Å². The molecule has 4 aromatic heterocycles. The number of carbonyl (C=O) groups is 2. The topological polar surface area (TPSA) is 164 Å². The number of anilines is 3. The van der Waals surface area contributed by atoms with Crippen LogP contribution in [0, 0.1) is 6.92 Å². The second-order valence-corrected chi connectivity index (χ2v) is 8.44. The molecule has 12 nitrogen and oxygen atoms in total. The second kappa shape index (κ2) is 10.6. The van der Waals surface area contributed by atoms with E-state index in [1.54, 1.807) is 37.8 Å². The number of alkyl halides is 3. The summed E-state index contributed by atoms with van der Waals surface area (Å²) < 4.78 is 37.7. The molecule has 5 rings (SSSR count). The van der Waals surface area contributed by atoms with Gasteiger partial charge in [-0.2, -0.15) is 32.7 Å². The molecule has 0 radical (unpaired) electrons. The van der Waals surface area contributed by atoms with Crippen molar-refractivity contribution in [2.24, 2.45) is 7.05 Å². The molecule has 4 N–H and O–H groups in total. The zero-order valence-corrected chi connectivity index (χ0v) is 20.4. The van der Waals surface area contributed by atoms with Gasteiger partial charge in [0.2, 0.25) is 5.13 Å². The number of nitrogens with one attached hydrogen (secondary N) is 3. The molecule has 196 valence electrons. The number of fused-ring (bicyclic) bond motifs is 1. The van der Waals surface area contributed by atoms with Crippen LogP contribution in [-0.2, 0) is 11.8 Å². The van der Waals surface area contributed by atoms with E-state index in [1.807, 2.05) is 25.1 Å². The Bertz CT molecular complexity index is 1610.